The number of aliphatic imine (C=N–C) groups is 2. The number of hydrogen-bond donors (Lipinski definition) is 1. The van der Waals surface area contributed by atoms with Crippen LogP contribution in [-0.4, -0.2) is 11.7 Å². The molecule has 268 valence electrons. The number of nitrogens with two attached hydrogens (primary N) is 1. The fraction of sp³-hybridized carbons (Fsp3) is 0.0769. The van der Waals surface area contributed by atoms with Gasteiger partial charge in [0.1, 0.15) is 17.0 Å². The molecular formula is C52H39N3O. The van der Waals surface area contributed by atoms with Crippen molar-refractivity contribution in [1.29, 1.82) is 0 Å². The van der Waals surface area contributed by atoms with Crippen molar-refractivity contribution in [3.63, 3.8) is 0 Å². The van der Waals surface area contributed by atoms with Crippen LogP contribution in [-0.2, 0) is 0 Å². The SMILES string of the molecule is CC(N=C(N=C(N)c1ccc2ccccc2c1)C1=CC2C=Cc3ccccc3C2C=C1)c1cc(-c2cccc(-c3ccccc3)c2)cc2oc3ccccc3c12. The van der Waals surface area contributed by atoms with Crippen LogP contribution in [0.5, 0.6) is 0 Å². The molecule has 2 aliphatic rings. The third-order valence-electron chi connectivity index (χ3n) is 11.2. The first-order valence-electron chi connectivity index (χ1n) is 19.3. The molecule has 1 aromatic heterocycles. The Kier molecular flexibility index (Phi) is 8.37. The highest BCUT2D eigenvalue weighted by molar-refractivity contribution is 6.13. The lowest BCUT2D eigenvalue weighted by atomic mass is 9.76. The van der Waals surface area contributed by atoms with E-state index in [9.17, 15) is 0 Å². The molecule has 0 fully saturated rings. The molecule has 56 heavy (non-hydrogen) atoms. The Morgan fingerprint density at radius 3 is 2.27 bits per heavy atom. The normalized spacial score (nSPS) is 17.2. The molecule has 8 aromatic rings. The maximum absolute atomic E-state index is 6.90. The number of allylic oxidation sites excluding steroid dienone is 3. The minimum Gasteiger partial charge on any atom is -0.456 e. The zero-order valence-corrected chi connectivity index (χ0v) is 31.0. The zero-order chi connectivity index (χ0) is 37.6. The van der Waals surface area contributed by atoms with Crippen LogP contribution in [0.1, 0.15) is 41.1 Å². The second-order valence-corrected chi connectivity index (χ2v) is 14.7. The molecule has 0 aliphatic heterocycles. The van der Waals surface area contributed by atoms with Gasteiger partial charge in [0.15, 0.2) is 5.84 Å². The molecule has 4 nitrogen and oxygen atoms in total. The molecule has 1 heterocycles. The lowest BCUT2D eigenvalue weighted by Crippen LogP contribution is -2.20. The Balaban J connectivity index is 1.12. The van der Waals surface area contributed by atoms with Gasteiger partial charge in [-0.2, -0.15) is 0 Å². The largest absolute Gasteiger partial charge is 0.456 e. The van der Waals surface area contributed by atoms with Crippen LogP contribution in [0, 0.1) is 5.92 Å². The second kappa shape index (κ2) is 14.0. The first-order valence-corrected chi connectivity index (χ1v) is 19.3. The van der Waals surface area contributed by atoms with Crippen LogP contribution in [0.4, 0.5) is 0 Å². The van der Waals surface area contributed by atoms with Crippen molar-refractivity contribution in [3.8, 4) is 22.3 Å². The lowest BCUT2D eigenvalue weighted by Gasteiger charge is -2.29. The van der Waals surface area contributed by atoms with Gasteiger partial charge in [-0.3, -0.25) is 4.99 Å². The predicted molar refractivity (Wildman–Crippen MR) is 234 cm³/mol. The molecule has 10 rings (SSSR count). The molecule has 4 heteroatoms. The minimum absolute atomic E-state index is 0.173. The third kappa shape index (κ3) is 6.15. The molecule has 2 N–H and O–H groups in total. The molecule has 0 spiro atoms. The van der Waals surface area contributed by atoms with Crippen LogP contribution < -0.4 is 5.73 Å². The van der Waals surface area contributed by atoms with Crippen LogP contribution in [0.3, 0.4) is 0 Å². The molecular weight excluding hydrogens is 683 g/mol. The molecule has 0 saturated heterocycles. The smallest absolute Gasteiger partial charge is 0.157 e. The number of nitrogens with zero attached hydrogens (tertiary/aromatic N) is 2. The summed E-state index contributed by atoms with van der Waals surface area (Å²) in [7, 11) is 0. The van der Waals surface area contributed by atoms with E-state index < -0.39 is 0 Å². The van der Waals surface area contributed by atoms with Crippen LogP contribution in [0.15, 0.2) is 202 Å². The molecule has 3 unspecified atom stereocenters. The van der Waals surface area contributed by atoms with E-state index in [0.717, 1.165) is 66.1 Å². The number of rotatable bonds is 6. The van der Waals surface area contributed by atoms with Gasteiger partial charge in [-0.1, -0.05) is 158 Å². The number of benzene rings is 7. The Morgan fingerprint density at radius 2 is 1.38 bits per heavy atom. The maximum atomic E-state index is 6.90. The van der Waals surface area contributed by atoms with Crippen LogP contribution >= 0.6 is 0 Å². The Morgan fingerprint density at radius 1 is 0.625 bits per heavy atom. The second-order valence-electron chi connectivity index (χ2n) is 14.7. The lowest BCUT2D eigenvalue weighted by molar-refractivity contribution is 0.668. The summed E-state index contributed by atoms with van der Waals surface area (Å²) in [5.74, 6) is 1.45. The van der Waals surface area contributed by atoms with Crippen LogP contribution in [0.2, 0.25) is 0 Å². The van der Waals surface area contributed by atoms with Gasteiger partial charge < -0.3 is 10.2 Å². The van der Waals surface area contributed by atoms with E-state index in [-0.39, 0.29) is 17.9 Å². The quantitative estimate of drug-likeness (QED) is 0.137. The van der Waals surface area contributed by atoms with E-state index in [1.165, 1.54) is 16.7 Å². The fourth-order valence-electron chi connectivity index (χ4n) is 8.36. The topological polar surface area (TPSA) is 63.9 Å². The van der Waals surface area contributed by atoms with Crippen molar-refractivity contribution < 1.29 is 4.42 Å². The van der Waals surface area contributed by atoms with Gasteiger partial charge in [0.2, 0.25) is 0 Å². The maximum Gasteiger partial charge on any atom is 0.157 e. The number of fused-ring (bicyclic) bond motifs is 7. The zero-order valence-electron chi connectivity index (χ0n) is 31.0. The Labute approximate surface area is 326 Å². The average Bonchev–Trinajstić information content (AvgIpc) is 3.64. The predicted octanol–water partition coefficient (Wildman–Crippen LogP) is 12.9. The summed E-state index contributed by atoms with van der Waals surface area (Å²) in [6.45, 7) is 2.15. The standard InChI is InChI=1S/C52H39N3O/c1-33(47-31-43(32-49-50(47)46-20-9-10-21-48(46)56-49)39-18-11-17-38(28-39)34-12-3-2-4-13-34)54-52(55-51(53)41-25-22-35-14-5-6-16-37(35)29-41)42-26-27-45-40(30-42)24-23-36-15-7-8-19-44(36)45/h2-33,40,45H,1H3,(H2,53,54,55). The molecule has 7 aromatic carbocycles. The van der Waals surface area contributed by atoms with Gasteiger partial charge in [-0.15, -0.1) is 0 Å². The highest BCUT2D eigenvalue weighted by Crippen LogP contribution is 2.42. The van der Waals surface area contributed by atoms with E-state index in [4.69, 9.17) is 20.1 Å². The number of para-hydroxylation sites is 1. The highest BCUT2D eigenvalue weighted by atomic mass is 16.3. The number of amidine groups is 2. The molecule has 3 atom stereocenters. The molecule has 0 bridgehead atoms. The van der Waals surface area contributed by atoms with E-state index >= 15 is 0 Å². The van der Waals surface area contributed by atoms with Crippen molar-refractivity contribution in [3.05, 3.63) is 210 Å². The van der Waals surface area contributed by atoms with Crippen LogP contribution in [0.25, 0.3) is 61.0 Å². The van der Waals surface area contributed by atoms with Gasteiger partial charge in [0.05, 0.1) is 6.04 Å². The van der Waals surface area contributed by atoms with E-state index in [1.54, 1.807) is 0 Å². The van der Waals surface area contributed by atoms with Gasteiger partial charge in [0.25, 0.3) is 0 Å². The van der Waals surface area contributed by atoms with Crippen molar-refractivity contribution in [2.45, 2.75) is 18.9 Å². The Hall–Kier alpha value is -7.04. The van der Waals surface area contributed by atoms with Crippen molar-refractivity contribution >= 4 is 50.5 Å². The summed E-state index contributed by atoms with van der Waals surface area (Å²) < 4.78 is 6.56. The minimum atomic E-state index is -0.298. The van der Waals surface area contributed by atoms with Gasteiger partial charge in [0, 0.05) is 33.7 Å². The van der Waals surface area contributed by atoms with Gasteiger partial charge in [-0.05, 0) is 87.0 Å². The molecule has 2 aliphatic carbocycles. The van der Waals surface area contributed by atoms with Gasteiger partial charge >= 0.3 is 0 Å². The molecule has 0 saturated carbocycles. The van der Waals surface area contributed by atoms with Crippen molar-refractivity contribution in [2.24, 2.45) is 21.6 Å². The van der Waals surface area contributed by atoms with E-state index in [0.29, 0.717) is 11.7 Å². The summed E-state index contributed by atoms with van der Waals surface area (Å²) in [6, 6.07) is 54.8. The highest BCUT2D eigenvalue weighted by Gasteiger charge is 2.27. The fourth-order valence-corrected chi connectivity index (χ4v) is 8.36. The van der Waals surface area contributed by atoms with E-state index in [2.05, 4.69) is 159 Å². The van der Waals surface area contributed by atoms with Gasteiger partial charge in [-0.25, -0.2) is 4.99 Å². The summed E-state index contributed by atoms with van der Waals surface area (Å²) in [4.78, 5) is 10.6. The monoisotopic (exact) mass is 721 g/mol. The van der Waals surface area contributed by atoms with E-state index in [1.807, 2.05) is 36.4 Å². The Bertz CT molecular complexity index is 2960. The summed E-state index contributed by atoms with van der Waals surface area (Å²) in [5.41, 5.74) is 18.6. The number of hydrogen-bond acceptors (Lipinski definition) is 2. The van der Waals surface area contributed by atoms with Crippen molar-refractivity contribution in [2.75, 3.05) is 0 Å². The van der Waals surface area contributed by atoms with Crippen molar-refractivity contribution in [1.82, 2.24) is 0 Å². The molecule has 0 amide bonds. The summed E-state index contributed by atoms with van der Waals surface area (Å²) in [6.07, 6.45) is 11.3. The average molecular weight is 722 g/mol. The number of furan rings is 1. The summed E-state index contributed by atoms with van der Waals surface area (Å²) >= 11 is 0. The first-order chi connectivity index (χ1) is 27.6. The first kappa shape index (κ1) is 33.5. The molecule has 0 radical (unpaired) electrons. The summed E-state index contributed by atoms with van der Waals surface area (Å²) in [5, 5.41) is 4.40. The third-order valence-corrected chi connectivity index (χ3v) is 11.2.